The molecule has 0 bridgehead atoms. The first kappa shape index (κ1) is 12.9. The first-order valence-electron chi connectivity index (χ1n) is 5.60. The zero-order chi connectivity index (χ0) is 11.5. The van der Waals surface area contributed by atoms with Gasteiger partial charge in [-0.25, -0.2) is 12.7 Å². The summed E-state index contributed by atoms with van der Waals surface area (Å²) in [5.74, 6) is 0.451. The van der Waals surface area contributed by atoms with Crippen LogP contribution in [-0.2, 0) is 10.0 Å². The summed E-state index contributed by atoms with van der Waals surface area (Å²) in [5, 5.41) is 3.24. The molecule has 0 atom stereocenters. The Bertz CT molecular complexity index is 282. The standard InChI is InChI=1S/C10H22N2O2S/c1-9(2)8-15(13,14)12(3)10-4-6-11-7-5-10/h9-11H,4-8H2,1-3H3. The molecule has 0 aromatic heterocycles. The predicted molar refractivity (Wildman–Crippen MR) is 62.3 cm³/mol. The molecule has 1 saturated heterocycles. The molecular weight excluding hydrogens is 212 g/mol. The molecule has 0 aromatic rings. The van der Waals surface area contributed by atoms with Crippen molar-refractivity contribution < 1.29 is 8.42 Å². The summed E-state index contributed by atoms with van der Waals surface area (Å²) in [6, 6.07) is 0.190. The van der Waals surface area contributed by atoms with Crippen LogP contribution in [0.1, 0.15) is 26.7 Å². The molecule has 1 rings (SSSR count). The molecule has 0 aromatic carbocycles. The van der Waals surface area contributed by atoms with Gasteiger partial charge in [-0.05, 0) is 31.8 Å². The van der Waals surface area contributed by atoms with Crippen molar-refractivity contribution in [1.82, 2.24) is 9.62 Å². The summed E-state index contributed by atoms with van der Waals surface area (Å²) in [5.41, 5.74) is 0. The van der Waals surface area contributed by atoms with Crippen molar-refractivity contribution in [2.75, 3.05) is 25.9 Å². The number of rotatable bonds is 4. The highest BCUT2D eigenvalue weighted by Gasteiger charge is 2.27. The maximum Gasteiger partial charge on any atom is 0.214 e. The first-order valence-corrected chi connectivity index (χ1v) is 7.21. The fourth-order valence-electron chi connectivity index (χ4n) is 1.94. The van der Waals surface area contributed by atoms with Crippen molar-refractivity contribution in [1.29, 1.82) is 0 Å². The Balaban J connectivity index is 2.61. The second-order valence-electron chi connectivity index (χ2n) is 4.67. The third kappa shape index (κ3) is 3.74. The van der Waals surface area contributed by atoms with E-state index in [1.165, 1.54) is 0 Å². The Morgan fingerprint density at radius 2 is 1.87 bits per heavy atom. The van der Waals surface area contributed by atoms with Crippen LogP contribution in [0.2, 0.25) is 0 Å². The number of nitrogens with one attached hydrogen (secondary N) is 1. The van der Waals surface area contributed by atoms with Gasteiger partial charge in [-0.1, -0.05) is 13.8 Å². The number of piperidine rings is 1. The SMILES string of the molecule is CC(C)CS(=O)(=O)N(C)C1CCNCC1. The van der Waals surface area contributed by atoms with Crippen LogP contribution in [0.4, 0.5) is 0 Å². The Morgan fingerprint density at radius 1 is 1.33 bits per heavy atom. The zero-order valence-corrected chi connectivity index (χ0v) is 10.7. The van der Waals surface area contributed by atoms with E-state index >= 15 is 0 Å². The first-order chi connectivity index (χ1) is 6.93. The quantitative estimate of drug-likeness (QED) is 0.777. The zero-order valence-electron chi connectivity index (χ0n) is 9.86. The van der Waals surface area contributed by atoms with Gasteiger partial charge in [-0.2, -0.15) is 0 Å². The van der Waals surface area contributed by atoms with Crippen molar-refractivity contribution in [3.05, 3.63) is 0 Å². The molecule has 1 aliphatic rings. The normalized spacial score (nSPS) is 20.1. The minimum absolute atomic E-state index is 0.190. The summed E-state index contributed by atoms with van der Waals surface area (Å²) in [4.78, 5) is 0. The molecule has 0 amide bonds. The van der Waals surface area contributed by atoms with Gasteiger partial charge in [0.15, 0.2) is 0 Å². The van der Waals surface area contributed by atoms with Gasteiger partial charge in [0.2, 0.25) is 10.0 Å². The van der Waals surface area contributed by atoms with Crippen LogP contribution in [0, 0.1) is 5.92 Å². The largest absolute Gasteiger partial charge is 0.317 e. The fourth-order valence-corrected chi connectivity index (χ4v) is 3.68. The number of hydrogen-bond acceptors (Lipinski definition) is 3. The summed E-state index contributed by atoms with van der Waals surface area (Å²) in [7, 11) is -1.34. The number of hydrogen-bond donors (Lipinski definition) is 1. The van der Waals surface area contributed by atoms with Gasteiger partial charge < -0.3 is 5.32 Å². The average molecular weight is 234 g/mol. The van der Waals surface area contributed by atoms with Crippen molar-refractivity contribution in [2.45, 2.75) is 32.7 Å². The van der Waals surface area contributed by atoms with Gasteiger partial charge in [-0.15, -0.1) is 0 Å². The molecular formula is C10H22N2O2S. The van der Waals surface area contributed by atoms with Crippen molar-refractivity contribution in [2.24, 2.45) is 5.92 Å². The third-order valence-corrected chi connectivity index (χ3v) is 5.07. The lowest BCUT2D eigenvalue weighted by atomic mass is 10.1. The van der Waals surface area contributed by atoms with E-state index < -0.39 is 10.0 Å². The lowest BCUT2D eigenvalue weighted by Gasteiger charge is -2.31. The monoisotopic (exact) mass is 234 g/mol. The summed E-state index contributed by atoms with van der Waals surface area (Å²) >= 11 is 0. The van der Waals surface area contributed by atoms with Crippen LogP contribution in [0.25, 0.3) is 0 Å². The fraction of sp³-hybridized carbons (Fsp3) is 1.00. The van der Waals surface area contributed by atoms with E-state index in [9.17, 15) is 8.42 Å². The van der Waals surface area contributed by atoms with E-state index in [1.54, 1.807) is 11.4 Å². The molecule has 0 saturated carbocycles. The van der Waals surface area contributed by atoms with Crippen LogP contribution in [0.5, 0.6) is 0 Å². The van der Waals surface area contributed by atoms with E-state index in [0.717, 1.165) is 25.9 Å². The predicted octanol–water partition coefficient (Wildman–Crippen LogP) is 0.656. The summed E-state index contributed by atoms with van der Waals surface area (Å²) in [6.07, 6.45) is 1.85. The highest BCUT2D eigenvalue weighted by molar-refractivity contribution is 7.89. The highest BCUT2D eigenvalue weighted by atomic mass is 32.2. The van der Waals surface area contributed by atoms with Crippen LogP contribution in [0.3, 0.4) is 0 Å². The highest BCUT2D eigenvalue weighted by Crippen LogP contribution is 2.15. The Hall–Kier alpha value is -0.130. The van der Waals surface area contributed by atoms with E-state index in [0.29, 0.717) is 0 Å². The second kappa shape index (κ2) is 5.27. The van der Waals surface area contributed by atoms with Crippen LogP contribution in [0.15, 0.2) is 0 Å². The minimum atomic E-state index is -3.05. The number of sulfonamides is 1. The molecule has 90 valence electrons. The molecule has 1 N–H and O–H groups in total. The van der Waals surface area contributed by atoms with Crippen LogP contribution >= 0.6 is 0 Å². The Labute approximate surface area is 93.1 Å². The summed E-state index contributed by atoms with van der Waals surface area (Å²) in [6.45, 7) is 5.72. The van der Waals surface area contributed by atoms with Gasteiger partial charge >= 0.3 is 0 Å². The smallest absolute Gasteiger partial charge is 0.214 e. The maximum atomic E-state index is 11.9. The average Bonchev–Trinajstić information content (AvgIpc) is 2.16. The molecule has 5 heteroatoms. The molecule has 0 spiro atoms. The van der Waals surface area contributed by atoms with Crippen LogP contribution < -0.4 is 5.32 Å². The van der Waals surface area contributed by atoms with Gasteiger partial charge in [0.05, 0.1) is 5.75 Å². The van der Waals surface area contributed by atoms with Crippen LogP contribution in [-0.4, -0.2) is 44.7 Å². The van der Waals surface area contributed by atoms with Crippen molar-refractivity contribution in [3.8, 4) is 0 Å². The Kier molecular flexibility index (Phi) is 4.55. The topological polar surface area (TPSA) is 49.4 Å². The third-order valence-electron chi connectivity index (χ3n) is 2.81. The maximum absolute atomic E-state index is 11.9. The number of nitrogens with zero attached hydrogens (tertiary/aromatic N) is 1. The van der Waals surface area contributed by atoms with Crippen molar-refractivity contribution >= 4 is 10.0 Å². The molecule has 0 aliphatic carbocycles. The molecule has 1 fully saturated rings. The molecule has 1 aliphatic heterocycles. The molecule has 15 heavy (non-hydrogen) atoms. The molecule has 4 nitrogen and oxygen atoms in total. The van der Waals surface area contributed by atoms with Gasteiger partial charge in [-0.3, -0.25) is 0 Å². The molecule has 1 heterocycles. The van der Waals surface area contributed by atoms with Gasteiger partial charge in [0, 0.05) is 13.1 Å². The molecule has 0 unspecified atom stereocenters. The van der Waals surface area contributed by atoms with E-state index in [2.05, 4.69) is 5.32 Å². The second-order valence-corrected chi connectivity index (χ2v) is 6.74. The summed E-state index contributed by atoms with van der Waals surface area (Å²) < 4.78 is 25.5. The lowest BCUT2D eigenvalue weighted by Crippen LogP contribution is -2.45. The minimum Gasteiger partial charge on any atom is -0.317 e. The van der Waals surface area contributed by atoms with E-state index in [1.807, 2.05) is 13.8 Å². The van der Waals surface area contributed by atoms with Gasteiger partial charge in [0.25, 0.3) is 0 Å². The van der Waals surface area contributed by atoms with E-state index in [4.69, 9.17) is 0 Å². The van der Waals surface area contributed by atoms with Crippen molar-refractivity contribution in [3.63, 3.8) is 0 Å². The lowest BCUT2D eigenvalue weighted by molar-refractivity contribution is 0.295. The van der Waals surface area contributed by atoms with E-state index in [-0.39, 0.29) is 17.7 Å². The molecule has 0 radical (unpaired) electrons. The Morgan fingerprint density at radius 3 is 2.33 bits per heavy atom. The van der Waals surface area contributed by atoms with Gasteiger partial charge in [0.1, 0.15) is 0 Å².